The molecule has 2 aromatic carbocycles. The minimum Gasteiger partial charge on any atom is -0.358 e. The van der Waals surface area contributed by atoms with Gasteiger partial charge in [0.1, 0.15) is 0 Å². The Balaban J connectivity index is 1.64. The number of carbonyl (C=O) groups is 1. The number of hydrogen-bond donors (Lipinski definition) is 2. The second-order valence-electron chi connectivity index (χ2n) is 7.88. The number of anilines is 1. The maximum absolute atomic E-state index is 13.0. The highest BCUT2D eigenvalue weighted by atomic mass is 32.2. The van der Waals surface area contributed by atoms with E-state index >= 15 is 0 Å². The summed E-state index contributed by atoms with van der Waals surface area (Å²) in [5, 5.41) is 4.04. The molecule has 1 atom stereocenters. The van der Waals surface area contributed by atoms with Crippen LogP contribution in [0.25, 0.3) is 10.9 Å². The average molecular weight is 397 g/mol. The monoisotopic (exact) mass is 396 g/mol. The van der Waals surface area contributed by atoms with Gasteiger partial charge < -0.3 is 10.3 Å². The van der Waals surface area contributed by atoms with Gasteiger partial charge in [0, 0.05) is 23.0 Å². The van der Waals surface area contributed by atoms with Gasteiger partial charge in [-0.25, -0.2) is 8.42 Å². The van der Waals surface area contributed by atoms with E-state index in [0.717, 1.165) is 30.2 Å². The molecular formula is C22H24N2O3S. The molecule has 28 heavy (non-hydrogen) atoms. The van der Waals surface area contributed by atoms with Crippen LogP contribution in [0.4, 0.5) is 5.69 Å². The van der Waals surface area contributed by atoms with Crippen molar-refractivity contribution in [1.29, 1.82) is 0 Å². The molecule has 0 spiro atoms. The Morgan fingerprint density at radius 3 is 2.79 bits per heavy atom. The minimum atomic E-state index is -3.13. The topological polar surface area (TPSA) is 79.0 Å². The molecule has 1 amide bonds. The van der Waals surface area contributed by atoms with Crippen LogP contribution >= 0.6 is 0 Å². The number of aromatic nitrogens is 1. The molecule has 3 aromatic rings. The summed E-state index contributed by atoms with van der Waals surface area (Å²) in [6.07, 6.45) is 4.41. The molecule has 1 aliphatic carbocycles. The van der Waals surface area contributed by atoms with Gasteiger partial charge in [0.05, 0.1) is 16.8 Å². The van der Waals surface area contributed by atoms with Crippen LogP contribution in [0.15, 0.2) is 42.5 Å². The Morgan fingerprint density at radius 2 is 2.00 bits per heavy atom. The molecule has 146 valence electrons. The summed E-state index contributed by atoms with van der Waals surface area (Å²) < 4.78 is 23.1. The predicted octanol–water partition coefficient (Wildman–Crippen LogP) is 4.09. The van der Waals surface area contributed by atoms with E-state index in [1.54, 1.807) is 24.3 Å². The first-order valence-electron chi connectivity index (χ1n) is 9.50. The number of aromatic amines is 1. The first kappa shape index (κ1) is 18.7. The number of H-pyrrole nitrogens is 1. The Bertz CT molecular complexity index is 1160. The molecule has 0 radical (unpaired) electrons. The van der Waals surface area contributed by atoms with E-state index in [1.165, 1.54) is 17.5 Å². The largest absolute Gasteiger partial charge is 0.358 e. The molecule has 0 fully saturated rings. The molecule has 6 heteroatoms. The molecule has 4 rings (SSSR count). The average Bonchev–Trinajstić information content (AvgIpc) is 2.98. The number of carbonyl (C=O) groups excluding carboxylic acids is 1. The fourth-order valence-corrected chi connectivity index (χ4v) is 4.83. The van der Waals surface area contributed by atoms with Crippen LogP contribution in [0.3, 0.4) is 0 Å². The van der Waals surface area contributed by atoms with Crippen LogP contribution in [0.2, 0.25) is 0 Å². The first-order chi connectivity index (χ1) is 13.3. The van der Waals surface area contributed by atoms with E-state index in [0.29, 0.717) is 22.7 Å². The Kier molecular flexibility index (Phi) is 4.75. The number of benzene rings is 2. The SMILES string of the molecule is C[C@@H]1CCc2[nH]c3c(C(=O)Nc4cccc(CS(C)(=O)=O)c4)cccc3c2C1. The van der Waals surface area contributed by atoms with Crippen LogP contribution in [0.1, 0.15) is 40.5 Å². The van der Waals surface area contributed by atoms with Gasteiger partial charge in [-0.2, -0.15) is 0 Å². The maximum atomic E-state index is 13.0. The van der Waals surface area contributed by atoms with E-state index in [2.05, 4.69) is 23.3 Å². The summed E-state index contributed by atoms with van der Waals surface area (Å²) in [6, 6.07) is 12.8. The third-order valence-corrected chi connectivity index (χ3v) is 6.19. The summed E-state index contributed by atoms with van der Waals surface area (Å²) in [4.78, 5) is 16.4. The van der Waals surface area contributed by atoms with Crippen molar-refractivity contribution in [3.05, 3.63) is 64.8 Å². The predicted molar refractivity (Wildman–Crippen MR) is 112 cm³/mol. The van der Waals surface area contributed by atoms with Crippen LogP contribution < -0.4 is 5.32 Å². The fourth-order valence-electron chi connectivity index (χ4n) is 4.04. The van der Waals surface area contributed by atoms with Gasteiger partial charge >= 0.3 is 0 Å². The lowest BCUT2D eigenvalue weighted by atomic mass is 9.87. The van der Waals surface area contributed by atoms with Gasteiger partial charge in [-0.05, 0) is 54.5 Å². The summed E-state index contributed by atoms with van der Waals surface area (Å²) in [5.41, 5.74) is 5.30. The molecule has 0 bridgehead atoms. The van der Waals surface area contributed by atoms with E-state index < -0.39 is 9.84 Å². The second-order valence-corrected chi connectivity index (χ2v) is 10.0. The lowest BCUT2D eigenvalue weighted by Gasteiger charge is -2.17. The highest BCUT2D eigenvalue weighted by Crippen LogP contribution is 2.33. The highest BCUT2D eigenvalue weighted by Gasteiger charge is 2.22. The van der Waals surface area contributed by atoms with Crippen molar-refractivity contribution in [3.8, 4) is 0 Å². The smallest absolute Gasteiger partial charge is 0.257 e. The van der Waals surface area contributed by atoms with E-state index in [-0.39, 0.29) is 11.7 Å². The molecular weight excluding hydrogens is 372 g/mol. The summed E-state index contributed by atoms with van der Waals surface area (Å²) >= 11 is 0. The van der Waals surface area contributed by atoms with Crippen LogP contribution in [-0.2, 0) is 28.4 Å². The van der Waals surface area contributed by atoms with Crippen molar-refractivity contribution in [2.75, 3.05) is 11.6 Å². The maximum Gasteiger partial charge on any atom is 0.257 e. The lowest BCUT2D eigenvalue weighted by molar-refractivity contribution is 0.102. The van der Waals surface area contributed by atoms with E-state index in [4.69, 9.17) is 0 Å². The van der Waals surface area contributed by atoms with Crippen molar-refractivity contribution in [2.24, 2.45) is 5.92 Å². The molecule has 0 aliphatic heterocycles. The number of hydrogen-bond acceptors (Lipinski definition) is 3. The van der Waals surface area contributed by atoms with Crippen LogP contribution in [0, 0.1) is 5.92 Å². The second kappa shape index (κ2) is 7.09. The van der Waals surface area contributed by atoms with Gasteiger partial charge in [0.15, 0.2) is 9.84 Å². The zero-order valence-corrected chi connectivity index (χ0v) is 16.9. The molecule has 1 aromatic heterocycles. The minimum absolute atomic E-state index is 0.0478. The highest BCUT2D eigenvalue weighted by molar-refractivity contribution is 7.89. The number of rotatable bonds is 4. The molecule has 0 unspecified atom stereocenters. The lowest BCUT2D eigenvalue weighted by Crippen LogP contribution is -2.13. The van der Waals surface area contributed by atoms with Crippen molar-refractivity contribution < 1.29 is 13.2 Å². The van der Waals surface area contributed by atoms with Gasteiger partial charge in [0.2, 0.25) is 0 Å². The van der Waals surface area contributed by atoms with Crippen molar-refractivity contribution in [3.63, 3.8) is 0 Å². The first-order valence-corrected chi connectivity index (χ1v) is 11.6. The third-order valence-electron chi connectivity index (χ3n) is 5.33. The number of para-hydroxylation sites is 1. The van der Waals surface area contributed by atoms with Gasteiger partial charge in [-0.1, -0.05) is 31.2 Å². The molecule has 0 saturated carbocycles. The number of amides is 1. The molecule has 5 nitrogen and oxygen atoms in total. The molecule has 0 saturated heterocycles. The van der Waals surface area contributed by atoms with Crippen LogP contribution in [0.5, 0.6) is 0 Å². The standard InChI is InChI=1S/C22H24N2O3S/c1-14-9-10-20-19(11-14)17-7-4-8-18(21(17)24-20)22(25)23-16-6-3-5-15(12-16)13-28(2,26)27/h3-8,12,14,24H,9-11,13H2,1-2H3,(H,23,25)/t14-/m1/s1. The quantitative estimate of drug-likeness (QED) is 0.697. The number of sulfone groups is 1. The third kappa shape index (κ3) is 3.83. The van der Waals surface area contributed by atoms with Crippen LogP contribution in [-0.4, -0.2) is 25.6 Å². The summed E-state index contributed by atoms with van der Waals surface area (Å²) in [5.74, 6) is 0.406. The van der Waals surface area contributed by atoms with E-state index in [1.807, 2.05) is 12.1 Å². The van der Waals surface area contributed by atoms with E-state index in [9.17, 15) is 13.2 Å². The normalized spacial score (nSPS) is 16.7. The van der Waals surface area contributed by atoms with Gasteiger partial charge in [0.25, 0.3) is 5.91 Å². The van der Waals surface area contributed by atoms with Gasteiger partial charge in [-0.15, -0.1) is 0 Å². The zero-order chi connectivity index (χ0) is 19.9. The molecule has 1 aliphatic rings. The molecule has 2 N–H and O–H groups in total. The Hall–Kier alpha value is -2.60. The van der Waals surface area contributed by atoms with Gasteiger partial charge in [-0.3, -0.25) is 4.79 Å². The summed E-state index contributed by atoms with van der Waals surface area (Å²) in [6.45, 7) is 2.27. The fraction of sp³-hybridized carbons (Fsp3) is 0.318. The number of nitrogens with one attached hydrogen (secondary N) is 2. The number of aryl methyl sites for hydroxylation is 1. The van der Waals surface area contributed by atoms with Crippen molar-refractivity contribution in [2.45, 2.75) is 31.9 Å². The Labute approximate surface area is 165 Å². The molecule has 1 heterocycles. The summed E-state index contributed by atoms with van der Waals surface area (Å²) in [7, 11) is -3.13. The van der Waals surface area contributed by atoms with Crippen molar-refractivity contribution >= 4 is 32.3 Å². The number of fused-ring (bicyclic) bond motifs is 3. The Morgan fingerprint density at radius 1 is 1.21 bits per heavy atom. The van der Waals surface area contributed by atoms with Crippen molar-refractivity contribution in [1.82, 2.24) is 4.98 Å². The zero-order valence-electron chi connectivity index (χ0n) is 16.1.